The highest BCUT2D eigenvalue weighted by atomic mass is 35.5. The minimum Gasteiger partial charge on any atom is -0.324 e. The second kappa shape index (κ2) is 5.66. The summed E-state index contributed by atoms with van der Waals surface area (Å²) in [7, 11) is 0. The first kappa shape index (κ1) is 14.9. The van der Waals surface area contributed by atoms with Gasteiger partial charge in [-0.25, -0.2) is 0 Å². The topological polar surface area (TPSA) is 43.1 Å². The fourth-order valence-corrected chi connectivity index (χ4v) is 5.77. The smallest absolute Gasteiger partial charge is 0.166 e. The molecule has 2 nitrogen and oxygen atoms in total. The van der Waals surface area contributed by atoms with Crippen LogP contribution in [-0.2, 0) is 0 Å². The summed E-state index contributed by atoms with van der Waals surface area (Å²) in [6.07, 6.45) is 0.439. The number of hydrogen-bond acceptors (Lipinski definition) is 5. The highest BCUT2D eigenvalue weighted by molar-refractivity contribution is 7.26. The highest BCUT2D eigenvalue weighted by Gasteiger charge is 2.35. The summed E-state index contributed by atoms with van der Waals surface area (Å²) in [5, 5.41) is 4.11. The van der Waals surface area contributed by atoms with E-state index in [1.807, 2.05) is 17.5 Å². The Hall–Kier alpha value is -0.980. The molecule has 3 heterocycles. The summed E-state index contributed by atoms with van der Waals surface area (Å²) in [5.74, 6) is 0.190. The minimum absolute atomic E-state index is 0. The lowest BCUT2D eigenvalue weighted by atomic mass is 10.1. The van der Waals surface area contributed by atoms with Gasteiger partial charge in [-0.2, -0.15) is 0 Å². The summed E-state index contributed by atoms with van der Waals surface area (Å²) in [6, 6.07) is 8.09. The lowest BCUT2D eigenvalue weighted by molar-refractivity contribution is 0.0990. The van der Waals surface area contributed by atoms with Crippen molar-refractivity contribution in [2.24, 2.45) is 5.73 Å². The molecule has 0 fully saturated rings. The molecular formula is C15H12ClNOS3. The lowest BCUT2D eigenvalue weighted by Gasteiger charge is -2.03. The molecular weight excluding hydrogens is 342 g/mol. The molecule has 0 aromatic carbocycles. The Kier molecular flexibility index (Phi) is 4.03. The summed E-state index contributed by atoms with van der Waals surface area (Å²) >= 11 is 5.08. The number of ketones is 1. The Labute approximate surface area is 140 Å². The monoisotopic (exact) mass is 353 g/mol. The van der Waals surface area contributed by atoms with Crippen LogP contribution in [0.2, 0.25) is 0 Å². The highest BCUT2D eigenvalue weighted by Crippen LogP contribution is 2.50. The van der Waals surface area contributed by atoms with E-state index in [1.54, 1.807) is 34.0 Å². The van der Waals surface area contributed by atoms with Gasteiger partial charge in [0.15, 0.2) is 5.78 Å². The predicted molar refractivity (Wildman–Crippen MR) is 94.1 cm³/mol. The van der Waals surface area contributed by atoms with E-state index in [4.69, 9.17) is 5.73 Å². The van der Waals surface area contributed by atoms with Crippen molar-refractivity contribution in [2.45, 2.75) is 12.5 Å². The first-order chi connectivity index (χ1) is 9.75. The average molecular weight is 354 g/mol. The Balaban J connectivity index is 0.00000132. The van der Waals surface area contributed by atoms with Crippen molar-refractivity contribution in [3.05, 3.63) is 46.2 Å². The Morgan fingerprint density at radius 2 is 1.67 bits per heavy atom. The summed E-state index contributed by atoms with van der Waals surface area (Å²) in [5.41, 5.74) is 8.13. The molecule has 2 N–H and O–H groups in total. The van der Waals surface area contributed by atoms with Crippen molar-refractivity contribution in [3.8, 4) is 19.5 Å². The van der Waals surface area contributed by atoms with Crippen LogP contribution in [0.3, 0.4) is 0 Å². The fraction of sp³-hybridized carbons (Fsp3) is 0.133. The SMILES string of the molecule is Cl.NC1CC(=O)c2c(-c3cccs3)sc(-c3cccs3)c21. The Morgan fingerprint density at radius 1 is 1.05 bits per heavy atom. The van der Waals surface area contributed by atoms with Crippen LogP contribution in [-0.4, -0.2) is 5.78 Å². The zero-order valence-corrected chi connectivity index (χ0v) is 14.1. The largest absolute Gasteiger partial charge is 0.324 e. The zero-order valence-electron chi connectivity index (χ0n) is 10.9. The molecule has 0 aliphatic heterocycles. The molecule has 0 amide bonds. The maximum absolute atomic E-state index is 12.3. The number of hydrogen-bond donors (Lipinski definition) is 1. The quantitative estimate of drug-likeness (QED) is 0.686. The third-order valence-electron chi connectivity index (χ3n) is 3.49. The van der Waals surface area contributed by atoms with Gasteiger partial charge in [-0.3, -0.25) is 4.79 Å². The van der Waals surface area contributed by atoms with Gasteiger partial charge in [-0.1, -0.05) is 12.1 Å². The van der Waals surface area contributed by atoms with Crippen LogP contribution >= 0.6 is 46.4 Å². The van der Waals surface area contributed by atoms with Crippen LogP contribution < -0.4 is 5.73 Å². The molecule has 0 saturated carbocycles. The van der Waals surface area contributed by atoms with Crippen molar-refractivity contribution < 1.29 is 4.79 Å². The Morgan fingerprint density at radius 3 is 2.24 bits per heavy atom. The van der Waals surface area contributed by atoms with Crippen molar-refractivity contribution >= 4 is 52.2 Å². The van der Waals surface area contributed by atoms with Crippen LogP contribution in [0.1, 0.15) is 28.4 Å². The van der Waals surface area contributed by atoms with E-state index in [0.717, 1.165) is 20.9 Å². The maximum Gasteiger partial charge on any atom is 0.166 e. The average Bonchev–Trinajstić information content (AvgIpc) is 3.17. The number of fused-ring (bicyclic) bond motifs is 1. The van der Waals surface area contributed by atoms with Crippen molar-refractivity contribution in [3.63, 3.8) is 0 Å². The van der Waals surface area contributed by atoms with Gasteiger partial charge < -0.3 is 5.73 Å². The van der Waals surface area contributed by atoms with Crippen LogP contribution in [0.4, 0.5) is 0 Å². The van der Waals surface area contributed by atoms with Crippen molar-refractivity contribution in [2.75, 3.05) is 0 Å². The minimum atomic E-state index is -0.153. The normalized spacial score (nSPS) is 16.8. The first-order valence-corrected chi connectivity index (χ1v) is 8.86. The number of carbonyl (C=O) groups is 1. The van der Waals surface area contributed by atoms with Gasteiger partial charge in [-0.15, -0.1) is 46.4 Å². The molecule has 1 unspecified atom stereocenters. The van der Waals surface area contributed by atoms with Gasteiger partial charge in [0.2, 0.25) is 0 Å². The van der Waals surface area contributed by atoms with E-state index in [-0.39, 0.29) is 24.2 Å². The van der Waals surface area contributed by atoms with Gasteiger partial charge in [0.1, 0.15) is 0 Å². The van der Waals surface area contributed by atoms with Gasteiger partial charge in [-0.05, 0) is 22.9 Å². The van der Waals surface area contributed by atoms with E-state index in [1.165, 1.54) is 9.75 Å². The number of rotatable bonds is 2. The van der Waals surface area contributed by atoms with E-state index in [9.17, 15) is 4.79 Å². The second-order valence-electron chi connectivity index (χ2n) is 4.74. The standard InChI is InChI=1S/C15H11NOS3.ClH/c16-8-7-9(17)13-12(8)14(10-3-1-5-18-10)20-15(13)11-4-2-6-19-11;/h1-6,8H,7,16H2;1H. The van der Waals surface area contributed by atoms with Gasteiger partial charge in [0, 0.05) is 33.3 Å². The molecule has 3 aromatic heterocycles. The van der Waals surface area contributed by atoms with E-state index in [0.29, 0.717) is 6.42 Å². The number of carbonyl (C=O) groups excluding carboxylic acids is 1. The van der Waals surface area contributed by atoms with E-state index < -0.39 is 0 Å². The van der Waals surface area contributed by atoms with Crippen molar-refractivity contribution in [1.82, 2.24) is 0 Å². The molecule has 1 aliphatic rings. The molecule has 1 atom stereocenters. The van der Waals surface area contributed by atoms with Crippen LogP contribution in [0.25, 0.3) is 19.5 Å². The van der Waals surface area contributed by atoms with Crippen LogP contribution in [0.15, 0.2) is 35.0 Å². The third-order valence-corrected chi connectivity index (χ3v) is 6.80. The molecule has 1 aliphatic carbocycles. The van der Waals surface area contributed by atoms with E-state index in [2.05, 4.69) is 17.5 Å². The summed E-state index contributed by atoms with van der Waals surface area (Å²) in [6.45, 7) is 0. The molecule has 0 radical (unpaired) electrons. The van der Waals surface area contributed by atoms with Crippen LogP contribution in [0, 0.1) is 0 Å². The van der Waals surface area contributed by atoms with Crippen molar-refractivity contribution in [1.29, 1.82) is 0 Å². The molecule has 21 heavy (non-hydrogen) atoms. The number of thiophene rings is 3. The number of nitrogens with two attached hydrogens (primary N) is 1. The zero-order chi connectivity index (χ0) is 13.7. The molecule has 0 saturated heterocycles. The second-order valence-corrected chi connectivity index (χ2v) is 7.65. The predicted octanol–water partition coefficient (Wildman–Crippen LogP) is 5.21. The number of Topliss-reactive ketones (excluding diaryl/α,β-unsaturated/α-hetero) is 1. The molecule has 6 heteroatoms. The summed E-state index contributed by atoms with van der Waals surface area (Å²) < 4.78 is 0. The molecule has 108 valence electrons. The number of halogens is 1. The fourth-order valence-electron chi connectivity index (χ4n) is 2.65. The summed E-state index contributed by atoms with van der Waals surface area (Å²) in [4.78, 5) is 17.0. The van der Waals surface area contributed by atoms with Gasteiger partial charge in [0.25, 0.3) is 0 Å². The van der Waals surface area contributed by atoms with Gasteiger partial charge >= 0.3 is 0 Å². The van der Waals surface area contributed by atoms with E-state index >= 15 is 0 Å². The molecule has 0 spiro atoms. The maximum atomic E-state index is 12.3. The Bertz CT molecular complexity index is 774. The lowest BCUT2D eigenvalue weighted by Crippen LogP contribution is -2.06. The van der Waals surface area contributed by atoms with Crippen LogP contribution in [0.5, 0.6) is 0 Å². The first-order valence-electron chi connectivity index (χ1n) is 6.29. The molecule has 0 bridgehead atoms. The molecule has 3 aromatic rings. The van der Waals surface area contributed by atoms with Gasteiger partial charge in [0.05, 0.1) is 9.75 Å². The molecule has 4 rings (SSSR count). The third kappa shape index (κ3) is 2.29.